The van der Waals surface area contributed by atoms with Crippen LogP contribution < -0.4 is 4.72 Å². The highest BCUT2D eigenvalue weighted by Crippen LogP contribution is 2.31. The smallest absolute Gasteiger partial charge is 0.279 e. The number of rotatable bonds is 4. The average molecular weight is 341 g/mol. The molecule has 0 aliphatic rings. The molecule has 0 aliphatic carbocycles. The SMILES string of the molecule is Cc1ccc(S(=O)(=O)Nc2cc(Cl)c([N+](=O)[O-])cc2C)cc1. The van der Waals surface area contributed by atoms with Gasteiger partial charge in [0.25, 0.3) is 15.7 Å². The van der Waals surface area contributed by atoms with Crippen LogP contribution in [0, 0.1) is 24.0 Å². The normalized spacial score (nSPS) is 11.2. The lowest BCUT2D eigenvalue weighted by Gasteiger charge is -2.11. The van der Waals surface area contributed by atoms with Crippen LogP contribution in [0.2, 0.25) is 5.02 Å². The lowest BCUT2D eigenvalue weighted by Crippen LogP contribution is -2.14. The van der Waals surface area contributed by atoms with Crippen LogP contribution in [0.5, 0.6) is 0 Å². The zero-order chi connectivity index (χ0) is 16.5. The monoisotopic (exact) mass is 340 g/mol. The van der Waals surface area contributed by atoms with Gasteiger partial charge in [-0.05, 0) is 37.6 Å². The van der Waals surface area contributed by atoms with Gasteiger partial charge in [-0.3, -0.25) is 14.8 Å². The number of nitro benzene ring substituents is 1. The van der Waals surface area contributed by atoms with E-state index in [1.807, 2.05) is 6.92 Å². The minimum Gasteiger partial charge on any atom is -0.279 e. The number of nitro groups is 1. The molecular weight excluding hydrogens is 328 g/mol. The van der Waals surface area contributed by atoms with Crippen LogP contribution >= 0.6 is 11.6 Å². The van der Waals surface area contributed by atoms with E-state index in [4.69, 9.17) is 11.6 Å². The molecule has 0 bridgehead atoms. The standard InChI is InChI=1S/C14H13ClN2O4S/c1-9-3-5-11(6-4-9)22(20,21)16-13-8-12(15)14(17(18)19)7-10(13)2/h3-8,16H,1-2H3. The Hall–Kier alpha value is -2.12. The van der Waals surface area contributed by atoms with E-state index < -0.39 is 14.9 Å². The van der Waals surface area contributed by atoms with Crippen molar-refractivity contribution in [1.82, 2.24) is 0 Å². The van der Waals surface area contributed by atoms with Gasteiger partial charge in [-0.2, -0.15) is 0 Å². The molecule has 22 heavy (non-hydrogen) atoms. The fourth-order valence-electron chi connectivity index (χ4n) is 1.84. The van der Waals surface area contributed by atoms with E-state index in [1.165, 1.54) is 24.3 Å². The number of halogens is 1. The maximum Gasteiger partial charge on any atom is 0.288 e. The number of anilines is 1. The summed E-state index contributed by atoms with van der Waals surface area (Å²) in [6.07, 6.45) is 0. The van der Waals surface area contributed by atoms with Crippen molar-refractivity contribution in [2.45, 2.75) is 18.7 Å². The summed E-state index contributed by atoms with van der Waals surface area (Å²) in [4.78, 5) is 10.3. The molecule has 0 radical (unpaired) electrons. The van der Waals surface area contributed by atoms with Gasteiger partial charge in [0.1, 0.15) is 5.02 Å². The number of sulfonamides is 1. The van der Waals surface area contributed by atoms with Crippen molar-refractivity contribution < 1.29 is 13.3 Å². The fraction of sp³-hybridized carbons (Fsp3) is 0.143. The summed E-state index contributed by atoms with van der Waals surface area (Å²) in [6, 6.07) is 8.81. The number of nitrogens with one attached hydrogen (secondary N) is 1. The molecule has 0 atom stereocenters. The topological polar surface area (TPSA) is 89.3 Å². The third-order valence-corrected chi connectivity index (χ3v) is 4.75. The third-order valence-electron chi connectivity index (χ3n) is 3.07. The number of hydrogen-bond donors (Lipinski definition) is 1. The van der Waals surface area contributed by atoms with Gasteiger partial charge in [0.05, 0.1) is 15.5 Å². The van der Waals surface area contributed by atoms with E-state index in [-0.39, 0.29) is 21.3 Å². The molecule has 0 saturated heterocycles. The van der Waals surface area contributed by atoms with Crippen molar-refractivity contribution in [2.24, 2.45) is 0 Å². The molecule has 0 aromatic heterocycles. The molecule has 0 spiro atoms. The number of nitrogens with zero attached hydrogens (tertiary/aromatic N) is 1. The second kappa shape index (κ2) is 5.94. The van der Waals surface area contributed by atoms with Gasteiger partial charge in [0, 0.05) is 6.07 Å². The maximum absolute atomic E-state index is 12.3. The maximum atomic E-state index is 12.3. The highest BCUT2D eigenvalue weighted by atomic mass is 35.5. The average Bonchev–Trinajstić information content (AvgIpc) is 2.42. The molecule has 1 N–H and O–H groups in total. The highest BCUT2D eigenvalue weighted by molar-refractivity contribution is 7.92. The van der Waals surface area contributed by atoms with E-state index in [9.17, 15) is 18.5 Å². The summed E-state index contributed by atoms with van der Waals surface area (Å²) in [5, 5.41) is 10.7. The molecular formula is C14H13ClN2O4S. The zero-order valence-corrected chi connectivity index (χ0v) is 13.4. The molecule has 0 aliphatic heterocycles. The largest absolute Gasteiger partial charge is 0.288 e. The first-order chi connectivity index (χ1) is 10.2. The number of benzene rings is 2. The van der Waals surface area contributed by atoms with Crippen LogP contribution in [0.15, 0.2) is 41.3 Å². The van der Waals surface area contributed by atoms with Gasteiger partial charge in [-0.1, -0.05) is 29.3 Å². The van der Waals surface area contributed by atoms with Crippen LogP contribution in [0.4, 0.5) is 11.4 Å². The van der Waals surface area contributed by atoms with E-state index >= 15 is 0 Å². The Balaban J connectivity index is 2.40. The first-order valence-electron chi connectivity index (χ1n) is 6.25. The summed E-state index contributed by atoms with van der Waals surface area (Å²) < 4.78 is 27.0. The van der Waals surface area contributed by atoms with Gasteiger partial charge >= 0.3 is 0 Å². The molecule has 0 heterocycles. The van der Waals surface area contributed by atoms with E-state index in [2.05, 4.69) is 4.72 Å². The molecule has 0 unspecified atom stereocenters. The van der Waals surface area contributed by atoms with Crippen LogP contribution in [0.1, 0.15) is 11.1 Å². The molecule has 8 heteroatoms. The second-order valence-electron chi connectivity index (χ2n) is 4.79. The first kappa shape index (κ1) is 16.3. The van der Waals surface area contributed by atoms with Crippen LogP contribution in [-0.2, 0) is 10.0 Å². The fourth-order valence-corrected chi connectivity index (χ4v) is 3.19. The second-order valence-corrected chi connectivity index (χ2v) is 6.88. The van der Waals surface area contributed by atoms with Gasteiger partial charge < -0.3 is 0 Å². The minimum atomic E-state index is -3.78. The van der Waals surface area contributed by atoms with Crippen molar-refractivity contribution in [2.75, 3.05) is 4.72 Å². The molecule has 116 valence electrons. The summed E-state index contributed by atoms with van der Waals surface area (Å²) in [5.74, 6) is 0. The lowest BCUT2D eigenvalue weighted by atomic mass is 10.2. The van der Waals surface area contributed by atoms with Gasteiger partial charge in [0.2, 0.25) is 0 Å². The van der Waals surface area contributed by atoms with Crippen molar-refractivity contribution >= 4 is 33.0 Å². The molecule has 6 nitrogen and oxygen atoms in total. The third kappa shape index (κ3) is 3.37. The Bertz CT molecular complexity index is 833. The lowest BCUT2D eigenvalue weighted by molar-refractivity contribution is -0.384. The predicted octanol–water partition coefficient (Wildman–Crippen LogP) is 3.67. The van der Waals surface area contributed by atoms with Crippen molar-refractivity contribution in [3.8, 4) is 0 Å². The molecule has 2 aromatic carbocycles. The summed E-state index contributed by atoms with van der Waals surface area (Å²) in [6.45, 7) is 3.42. The number of aryl methyl sites for hydroxylation is 2. The van der Waals surface area contributed by atoms with Crippen LogP contribution in [0.3, 0.4) is 0 Å². The van der Waals surface area contributed by atoms with Crippen LogP contribution in [-0.4, -0.2) is 13.3 Å². The highest BCUT2D eigenvalue weighted by Gasteiger charge is 2.19. The van der Waals surface area contributed by atoms with Crippen LogP contribution in [0.25, 0.3) is 0 Å². The Morgan fingerprint density at radius 1 is 1.14 bits per heavy atom. The van der Waals surface area contributed by atoms with Gasteiger partial charge in [0.15, 0.2) is 0 Å². The predicted molar refractivity (Wildman–Crippen MR) is 84.8 cm³/mol. The Labute approximate surface area is 132 Å². The Kier molecular flexibility index (Phi) is 4.39. The van der Waals surface area contributed by atoms with E-state index in [1.54, 1.807) is 19.1 Å². The van der Waals surface area contributed by atoms with Crippen molar-refractivity contribution in [3.63, 3.8) is 0 Å². The first-order valence-corrected chi connectivity index (χ1v) is 8.11. The molecule has 0 amide bonds. The molecule has 2 rings (SSSR count). The van der Waals surface area contributed by atoms with Gasteiger partial charge in [-0.15, -0.1) is 0 Å². The summed E-state index contributed by atoms with van der Waals surface area (Å²) in [5.41, 5.74) is 1.29. The van der Waals surface area contributed by atoms with Gasteiger partial charge in [-0.25, -0.2) is 8.42 Å². The van der Waals surface area contributed by atoms with Crippen molar-refractivity contribution in [3.05, 3.63) is 62.7 Å². The Morgan fingerprint density at radius 3 is 2.27 bits per heavy atom. The Morgan fingerprint density at radius 2 is 1.73 bits per heavy atom. The van der Waals surface area contributed by atoms with E-state index in [0.29, 0.717) is 5.56 Å². The summed E-state index contributed by atoms with van der Waals surface area (Å²) in [7, 11) is -3.78. The summed E-state index contributed by atoms with van der Waals surface area (Å²) >= 11 is 5.82. The quantitative estimate of drug-likeness (QED) is 0.679. The minimum absolute atomic E-state index is 0.104. The zero-order valence-electron chi connectivity index (χ0n) is 11.8. The van der Waals surface area contributed by atoms with E-state index in [0.717, 1.165) is 5.56 Å². The molecule has 2 aromatic rings. The molecule has 0 fully saturated rings. The number of hydrogen-bond acceptors (Lipinski definition) is 4. The molecule has 0 saturated carbocycles. The van der Waals surface area contributed by atoms with Crippen molar-refractivity contribution in [1.29, 1.82) is 0 Å².